The summed E-state index contributed by atoms with van der Waals surface area (Å²) in [6, 6.07) is 0. The maximum atomic E-state index is 11.3. The van der Waals surface area contributed by atoms with Gasteiger partial charge in [0.25, 0.3) is 0 Å². The fraction of sp³-hybridized carbons (Fsp3) is 0.929. The van der Waals surface area contributed by atoms with E-state index in [1.54, 1.807) is 0 Å². The molecule has 18 heavy (non-hydrogen) atoms. The van der Waals surface area contributed by atoms with E-state index in [-0.39, 0.29) is 23.0 Å². The molecular formula is C14H29NO3. The van der Waals surface area contributed by atoms with E-state index in [0.29, 0.717) is 19.6 Å². The minimum atomic E-state index is -0.289. The lowest BCUT2D eigenvalue weighted by Gasteiger charge is -2.27. The molecule has 0 spiro atoms. The van der Waals surface area contributed by atoms with Crippen LogP contribution in [0.15, 0.2) is 0 Å². The molecule has 2 N–H and O–H groups in total. The van der Waals surface area contributed by atoms with Crippen LogP contribution in [0.1, 0.15) is 54.4 Å². The molecule has 0 aromatic heterocycles. The Labute approximate surface area is 111 Å². The first-order valence-corrected chi connectivity index (χ1v) is 6.63. The number of esters is 1. The minimum absolute atomic E-state index is 0.0768. The summed E-state index contributed by atoms with van der Waals surface area (Å²) >= 11 is 0. The van der Waals surface area contributed by atoms with Crippen LogP contribution in [-0.4, -0.2) is 30.3 Å². The highest BCUT2D eigenvalue weighted by Crippen LogP contribution is 2.16. The quantitative estimate of drug-likeness (QED) is 0.680. The molecule has 0 amide bonds. The Morgan fingerprint density at radius 3 is 2.11 bits per heavy atom. The van der Waals surface area contributed by atoms with Crippen LogP contribution in [0, 0.1) is 5.92 Å². The van der Waals surface area contributed by atoms with Gasteiger partial charge in [0.1, 0.15) is 0 Å². The van der Waals surface area contributed by atoms with Gasteiger partial charge >= 0.3 is 5.97 Å². The molecule has 0 aliphatic heterocycles. The number of nitrogens with two attached hydrogens (primary N) is 1. The third kappa shape index (κ3) is 9.42. The summed E-state index contributed by atoms with van der Waals surface area (Å²) in [5.74, 6) is -0.235. The maximum Gasteiger partial charge on any atom is 0.308 e. The normalized spacial score (nSPS) is 12.9. The number of carbonyl (C=O) groups is 1. The van der Waals surface area contributed by atoms with Gasteiger partial charge in [0.05, 0.1) is 18.1 Å². The smallest absolute Gasteiger partial charge is 0.308 e. The first-order valence-electron chi connectivity index (χ1n) is 6.63. The SMILES string of the molecule is CC(C)C(=O)OCCC(C)(C)OCCC(C)(C)N. The van der Waals surface area contributed by atoms with Crippen LogP contribution in [-0.2, 0) is 14.3 Å². The van der Waals surface area contributed by atoms with Gasteiger partial charge in [-0.1, -0.05) is 13.8 Å². The molecule has 0 rings (SSSR count). The van der Waals surface area contributed by atoms with Gasteiger partial charge in [-0.15, -0.1) is 0 Å². The number of rotatable bonds is 8. The summed E-state index contributed by atoms with van der Waals surface area (Å²) in [5.41, 5.74) is 5.39. The van der Waals surface area contributed by atoms with Crippen molar-refractivity contribution in [3.05, 3.63) is 0 Å². The van der Waals surface area contributed by atoms with Gasteiger partial charge < -0.3 is 15.2 Å². The molecule has 0 bridgehead atoms. The highest BCUT2D eigenvalue weighted by molar-refractivity contribution is 5.71. The van der Waals surface area contributed by atoms with Crippen molar-refractivity contribution >= 4 is 5.97 Å². The lowest BCUT2D eigenvalue weighted by molar-refractivity contribution is -0.149. The van der Waals surface area contributed by atoms with E-state index in [1.807, 2.05) is 41.5 Å². The average molecular weight is 259 g/mol. The van der Waals surface area contributed by atoms with E-state index < -0.39 is 0 Å². The van der Waals surface area contributed by atoms with Crippen LogP contribution in [0.5, 0.6) is 0 Å². The predicted octanol–water partition coefficient (Wildman–Crippen LogP) is 2.50. The van der Waals surface area contributed by atoms with Crippen molar-refractivity contribution in [2.45, 2.75) is 65.5 Å². The highest BCUT2D eigenvalue weighted by atomic mass is 16.5. The molecule has 4 heteroatoms. The first-order chi connectivity index (χ1) is 8.03. The van der Waals surface area contributed by atoms with Gasteiger partial charge in [-0.25, -0.2) is 0 Å². The van der Waals surface area contributed by atoms with Gasteiger partial charge in [-0.2, -0.15) is 0 Å². The lowest BCUT2D eigenvalue weighted by Crippen LogP contribution is -2.35. The van der Waals surface area contributed by atoms with Crippen LogP contribution < -0.4 is 5.73 Å². The number of carbonyl (C=O) groups excluding carboxylic acids is 1. The lowest BCUT2D eigenvalue weighted by atomic mass is 10.0. The van der Waals surface area contributed by atoms with Crippen molar-refractivity contribution in [3.8, 4) is 0 Å². The van der Waals surface area contributed by atoms with Crippen LogP contribution in [0.25, 0.3) is 0 Å². The van der Waals surface area contributed by atoms with Gasteiger partial charge in [-0.3, -0.25) is 4.79 Å². The Kier molecular flexibility index (Phi) is 6.86. The molecule has 0 fully saturated rings. The van der Waals surface area contributed by atoms with Crippen molar-refractivity contribution < 1.29 is 14.3 Å². The van der Waals surface area contributed by atoms with E-state index in [0.717, 1.165) is 6.42 Å². The van der Waals surface area contributed by atoms with E-state index in [9.17, 15) is 4.79 Å². The minimum Gasteiger partial charge on any atom is -0.465 e. The molecule has 0 unspecified atom stereocenters. The van der Waals surface area contributed by atoms with Gasteiger partial charge in [0.2, 0.25) is 0 Å². The summed E-state index contributed by atoms with van der Waals surface area (Å²) in [6.07, 6.45) is 1.50. The Hall–Kier alpha value is -0.610. The Morgan fingerprint density at radius 1 is 1.11 bits per heavy atom. The summed E-state index contributed by atoms with van der Waals surface area (Å²) in [7, 11) is 0. The van der Waals surface area contributed by atoms with Gasteiger partial charge in [0, 0.05) is 18.6 Å². The summed E-state index contributed by atoms with van der Waals surface area (Å²) in [4.78, 5) is 11.3. The third-order valence-electron chi connectivity index (χ3n) is 2.66. The van der Waals surface area contributed by atoms with Crippen LogP contribution in [0.2, 0.25) is 0 Å². The number of ether oxygens (including phenoxy) is 2. The van der Waals surface area contributed by atoms with Gasteiger partial charge in [0.15, 0.2) is 0 Å². The molecular weight excluding hydrogens is 230 g/mol. The summed E-state index contributed by atoms with van der Waals surface area (Å²) in [5, 5.41) is 0. The molecule has 4 nitrogen and oxygen atoms in total. The zero-order chi connectivity index (χ0) is 14.4. The van der Waals surface area contributed by atoms with Crippen LogP contribution >= 0.6 is 0 Å². The van der Waals surface area contributed by atoms with E-state index in [1.165, 1.54) is 0 Å². The zero-order valence-electron chi connectivity index (χ0n) is 12.7. The molecule has 0 aromatic carbocycles. The second-order valence-corrected chi connectivity index (χ2v) is 6.42. The fourth-order valence-electron chi connectivity index (χ4n) is 1.23. The molecule has 0 aromatic rings. The maximum absolute atomic E-state index is 11.3. The summed E-state index contributed by atoms with van der Waals surface area (Å²) in [6.45, 7) is 12.6. The monoisotopic (exact) mass is 259 g/mol. The summed E-state index contributed by atoms with van der Waals surface area (Å²) < 4.78 is 10.9. The third-order valence-corrected chi connectivity index (χ3v) is 2.66. The molecule has 0 heterocycles. The second-order valence-electron chi connectivity index (χ2n) is 6.42. The van der Waals surface area contributed by atoms with Crippen LogP contribution in [0.4, 0.5) is 0 Å². The molecule has 0 atom stereocenters. The zero-order valence-corrected chi connectivity index (χ0v) is 12.7. The fourth-order valence-corrected chi connectivity index (χ4v) is 1.23. The first kappa shape index (κ1) is 17.4. The second kappa shape index (κ2) is 7.10. The Balaban J connectivity index is 3.83. The highest BCUT2D eigenvalue weighted by Gasteiger charge is 2.21. The van der Waals surface area contributed by atoms with Crippen molar-refractivity contribution in [2.24, 2.45) is 11.7 Å². The predicted molar refractivity (Wildman–Crippen MR) is 73.3 cm³/mol. The van der Waals surface area contributed by atoms with E-state index >= 15 is 0 Å². The van der Waals surface area contributed by atoms with Crippen molar-refractivity contribution in [1.29, 1.82) is 0 Å². The molecule has 108 valence electrons. The van der Waals surface area contributed by atoms with Gasteiger partial charge in [-0.05, 0) is 34.1 Å². The molecule has 0 aliphatic rings. The standard InChI is InChI=1S/C14H29NO3/c1-11(2)12(16)17-9-8-14(5,6)18-10-7-13(3,4)15/h11H,7-10,15H2,1-6H3. The number of hydrogen-bond acceptors (Lipinski definition) is 4. The van der Waals surface area contributed by atoms with E-state index in [4.69, 9.17) is 15.2 Å². The number of hydrogen-bond donors (Lipinski definition) is 1. The molecule has 0 saturated carbocycles. The van der Waals surface area contributed by atoms with Crippen LogP contribution in [0.3, 0.4) is 0 Å². The van der Waals surface area contributed by atoms with E-state index in [2.05, 4.69) is 0 Å². The molecule has 0 saturated heterocycles. The average Bonchev–Trinajstić information content (AvgIpc) is 2.14. The Bertz CT molecular complexity index is 254. The molecule has 0 radical (unpaired) electrons. The largest absolute Gasteiger partial charge is 0.465 e. The Morgan fingerprint density at radius 2 is 1.67 bits per heavy atom. The van der Waals surface area contributed by atoms with Crippen molar-refractivity contribution in [3.63, 3.8) is 0 Å². The topological polar surface area (TPSA) is 61.5 Å². The van der Waals surface area contributed by atoms with Crippen molar-refractivity contribution in [2.75, 3.05) is 13.2 Å². The van der Waals surface area contributed by atoms with Crippen molar-refractivity contribution in [1.82, 2.24) is 0 Å². The molecule has 0 aliphatic carbocycles.